The molecule has 0 atom stereocenters. The maximum absolute atomic E-state index is 12.8. The lowest BCUT2D eigenvalue weighted by Gasteiger charge is -2.28. The Morgan fingerprint density at radius 3 is 2.04 bits per heavy atom. The highest BCUT2D eigenvalue weighted by molar-refractivity contribution is 5.15. The van der Waals surface area contributed by atoms with Crippen LogP contribution in [0.25, 0.3) is 0 Å². The molecule has 0 amide bonds. The van der Waals surface area contributed by atoms with Crippen LogP contribution in [0.2, 0.25) is 0 Å². The molecule has 2 fully saturated rings. The van der Waals surface area contributed by atoms with E-state index in [0.29, 0.717) is 13.2 Å². The molecule has 1 N–H and O–H groups in total. The quantitative estimate of drug-likeness (QED) is 0.908. The van der Waals surface area contributed by atoms with E-state index in [-0.39, 0.29) is 11.2 Å². The van der Waals surface area contributed by atoms with Gasteiger partial charge in [-0.1, -0.05) is 12.8 Å². The fraction of sp³-hybridized carbons (Fsp3) is 0.765. The summed E-state index contributed by atoms with van der Waals surface area (Å²) >= 11 is 0. The third-order valence-electron chi connectivity index (χ3n) is 5.12. The van der Waals surface area contributed by atoms with Crippen molar-refractivity contribution in [3.8, 4) is 0 Å². The topological polar surface area (TPSA) is 61.3 Å². The van der Waals surface area contributed by atoms with Gasteiger partial charge in [-0.05, 0) is 58.8 Å². The Morgan fingerprint density at radius 2 is 1.43 bits per heavy atom. The van der Waals surface area contributed by atoms with E-state index < -0.39 is 0 Å². The molecule has 1 aromatic heterocycles. The summed E-state index contributed by atoms with van der Waals surface area (Å²) in [5.74, 6) is 0. The van der Waals surface area contributed by atoms with Crippen molar-refractivity contribution in [3.63, 3.8) is 0 Å². The maximum Gasteiger partial charge on any atom is 0.329 e. The third kappa shape index (κ3) is 3.93. The number of aryl methyl sites for hydroxylation is 1. The summed E-state index contributed by atoms with van der Waals surface area (Å²) in [7, 11) is 0. The number of likely N-dealkylation sites (tertiary alicyclic amines) is 2. The first kappa shape index (κ1) is 16.5. The lowest BCUT2D eigenvalue weighted by Crippen LogP contribution is -2.45. The van der Waals surface area contributed by atoms with Gasteiger partial charge in [-0.15, -0.1) is 0 Å². The van der Waals surface area contributed by atoms with Crippen molar-refractivity contribution < 1.29 is 0 Å². The van der Waals surface area contributed by atoms with Gasteiger partial charge in [0, 0.05) is 12.2 Å². The minimum Gasteiger partial charge on any atom is -0.311 e. The van der Waals surface area contributed by atoms with Crippen LogP contribution in [-0.4, -0.2) is 45.5 Å². The highest BCUT2D eigenvalue weighted by Gasteiger charge is 2.18. The summed E-state index contributed by atoms with van der Waals surface area (Å²) in [4.78, 5) is 32.5. The minimum absolute atomic E-state index is 0.109. The second-order valence-electron chi connectivity index (χ2n) is 6.92. The SMILES string of the molecule is Cc1[nH]c(=O)n(CN2CCCCC2)c(=O)c1CN1CCCCC1. The molecule has 3 heterocycles. The second-order valence-corrected chi connectivity index (χ2v) is 6.92. The molecule has 2 aliphatic rings. The van der Waals surface area contributed by atoms with Crippen LogP contribution < -0.4 is 11.2 Å². The van der Waals surface area contributed by atoms with Gasteiger partial charge in [-0.2, -0.15) is 0 Å². The van der Waals surface area contributed by atoms with Crippen molar-refractivity contribution >= 4 is 0 Å². The van der Waals surface area contributed by atoms with Crippen LogP contribution in [0.15, 0.2) is 9.59 Å². The summed E-state index contributed by atoms with van der Waals surface area (Å²) < 4.78 is 1.39. The number of hydrogen-bond acceptors (Lipinski definition) is 4. The summed E-state index contributed by atoms with van der Waals surface area (Å²) in [6, 6.07) is 0. The molecule has 0 unspecified atom stereocenters. The Labute approximate surface area is 137 Å². The Morgan fingerprint density at radius 1 is 0.870 bits per heavy atom. The molecule has 0 aliphatic carbocycles. The van der Waals surface area contributed by atoms with Gasteiger partial charge in [0.15, 0.2) is 0 Å². The average molecular weight is 320 g/mol. The number of H-pyrrole nitrogens is 1. The van der Waals surface area contributed by atoms with Crippen LogP contribution in [-0.2, 0) is 13.2 Å². The molecule has 0 radical (unpaired) electrons. The van der Waals surface area contributed by atoms with Gasteiger partial charge >= 0.3 is 5.69 Å². The Bertz CT molecular complexity index is 637. The fourth-order valence-corrected chi connectivity index (χ4v) is 3.68. The van der Waals surface area contributed by atoms with Crippen molar-refractivity contribution in [3.05, 3.63) is 32.1 Å². The zero-order valence-corrected chi connectivity index (χ0v) is 14.1. The lowest BCUT2D eigenvalue weighted by molar-refractivity contribution is 0.174. The van der Waals surface area contributed by atoms with Crippen molar-refractivity contribution in [1.82, 2.24) is 19.4 Å². The fourth-order valence-electron chi connectivity index (χ4n) is 3.68. The van der Waals surface area contributed by atoms with Crippen molar-refractivity contribution in [2.45, 2.75) is 58.7 Å². The molecule has 3 rings (SSSR count). The smallest absolute Gasteiger partial charge is 0.311 e. The second kappa shape index (κ2) is 7.45. The van der Waals surface area contributed by atoms with E-state index in [4.69, 9.17) is 0 Å². The Hall–Kier alpha value is -1.40. The first-order valence-electron chi connectivity index (χ1n) is 8.92. The van der Waals surface area contributed by atoms with Crippen LogP contribution in [0.4, 0.5) is 0 Å². The van der Waals surface area contributed by atoms with Crippen molar-refractivity contribution in [2.24, 2.45) is 0 Å². The molecule has 2 saturated heterocycles. The van der Waals surface area contributed by atoms with Gasteiger partial charge in [0.05, 0.1) is 12.2 Å². The molecular weight excluding hydrogens is 292 g/mol. The number of piperidine rings is 2. The molecule has 6 nitrogen and oxygen atoms in total. The van der Waals surface area contributed by atoms with E-state index in [9.17, 15) is 9.59 Å². The predicted octanol–water partition coefficient (Wildman–Crippen LogP) is 1.27. The number of aromatic nitrogens is 2. The summed E-state index contributed by atoms with van der Waals surface area (Å²) in [5.41, 5.74) is 1.09. The molecule has 6 heteroatoms. The molecular formula is C17H28N4O2. The highest BCUT2D eigenvalue weighted by atomic mass is 16.2. The van der Waals surface area contributed by atoms with Crippen LogP contribution >= 0.6 is 0 Å². The predicted molar refractivity (Wildman–Crippen MR) is 90.6 cm³/mol. The van der Waals surface area contributed by atoms with E-state index in [2.05, 4.69) is 14.8 Å². The van der Waals surface area contributed by atoms with Gasteiger partial charge < -0.3 is 4.98 Å². The summed E-state index contributed by atoms with van der Waals surface area (Å²) in [5, 5.41) is 0. The van der Waals surface area contributed by atoms with E-state index >= 15 is 0 Å². The molecule has 2 aliphatic heterocycles. The van der Waals surface area contributed by atoms with Gasteiger partial charge in [-0.25, -0.2) is 9.36 Å². The molecule has 0 spiro atoms. The van der Waals surface area contributed by atoms with Gasteiger partial charge in [0.1, 0.15) is 0 Å². The standard InChI is InChI=1S/C17H28N4O2/c1-14-15(12-19-8-4-2-5-9-19)16(22)21(17(23)18-14)13-20-10-6-3-7-11-20/h2-13H2,1H3,(H,18,23). The van der Waals surface area contributed by atoms with Crippen LogP contribution in [0, 0.1) is 6.92 Å². The minimum atomic E-state index is -0.277. The van der Waals surface area contributed by atoms with E-state index in [0.717, 1.165) is 50.3 Å². The zero-order chi connectivity index (χ0) is 16.2. The van der Waals surface area contributed by atoms with E-state index in [1.54, 1.807) is 0 Å². The average Bonchev–Trinajstić information content (AvgIpc) is 2.57. The molecule has 0 bridgehead atoms. The third-order valence-corrected chi connectivity index (χ3v) is 5.12. The maximum atomic E-state index is 12.8. The Kier molecular flexibility index (Phi) is 5.33. The van der Waals surface area contributed by atoms with E-state index in [1.165, 1.54) is 30.3 Å². The number of nitrogens with one attached hydrogen (secondary N) is 1. The lowest BCUT2D eigenvalue weighted by atomic mass is 10.1. The normalized spacial score (nSPS) is 20.7. The van der Waals surface area contributed by atoms with Crippen molar-refractivity contribution in [1.29, 1.82) is 0 Å². The van der Waals surface area contributed by atoms with Crippen LogP contribution in [0.3, 0.4) is 0 Å². The molecule has 23 heavy (non-hydrogen) atoms. The molecule has 0 aromatic carbocycles. The van der Waals surface area contributed by atoms with Gasteiger partial charge in [-0.3, -0.25) is 14.6 Å². The van der Waals surface area contributed by atoms with Crippen LogP contribution in [0.5, 0.6) is 0 Å². The molecule has 0 saturated carbocycles. The van der Waals surface area contributed by atoms with E-state index in [1.807, 2.05) is 6.92 Å². The molecule has 128 valence electrons. The van der Waals surface area contributed by atoms with Gasteiger partial charge in [0.25, 0.3) is 5.56 Å². The number of hydrogen-bond donors (Lipinski definition) is 1. The van der Waals surface area contributed by atoms with Gasteiger partial charge in [0.2, 0.25) is 0 Å². The number of rotatable bonds is 4. The number of nitrogens with zero attached hydrogens (tertiary/aromatic N) is 3. The molecule has 1 aromatic rings. The monoisotopic (exact) mass is 320 g/mol. The number of aromatic amines is 1. The summed E-state index contributed by atoms with van der Waals surface area (Å²) in [6.45, 7) is 6.95. The Balaban J connectivity index is 1.82. The summed E-state index contributed by atoms with van der Waals surface area (Å²) in [6.07, 6.45) is 7.23. The largest absolute Gasteiger partial charge is 0.329 e. The van der Waals surface area contributed by atoms with Crippen molar-refractivity contribution in [2.75, 3.05) is 26.2 Å². The first-order valence-corrected chi connectivity index (χ1v) is 8.92. The van der Waals surface area contributed by atoms with Crippen LogP contribution in [0.1, 0.15) is 49.8 Å². The first-order chi connectivity index (χ1) is 11.1. The highest BCUT2D eigenvalue weighted by Crippen LogP contribution is 2.12. The zero-order valence-electron chi connectivity index (χ0n) is 14.1.